The smallest absolute Gasteiger partial charge is 0.275 e. The summed E-state index contributed by atoms with van der Waals surface area (Å²) in [5, 5.41) is 2.87. The minimum atomic E-state index is -0.162. The molecule has 26 heavy (non-hydrogen) atoms. The first-order valence-electron chi connectivity index (χ1n) is 8.89. The van der Waals surface area contributed by atoms with Crippen LogP contribution in [0.25, 0.3) is 6.08 Å². The quantitative estimate of drug-likeness (QED) is 0.791. The Hall–Kier alpha value is -2.88. The van der Waals surface area contributed by atoms with Crippen LogP contribution in [0, 0.1) is 0 Å². The molecule has 2 aromatic rings. The molecule has 0 spiro atoms. The van der Waals surface area contributed by atoms with Gasteiger partial charge < -0.3 is 10.1 Å². The van der Waals surface area contributed by atoms with Crippen LogP contribution < -0.4 is 10.1 Å². The molecular weight excluding hydrogens is 324 g/mol. The van der Waals surface area contributed by atoms with Crippen molar-refractivity contribution in [1.29, 1.82) is 0 Å². The Morgan fingerprint density at radius 1 is 1.12 bits per heavy atom. The number of methoxy groups -OCH3 is 1. The molecule has 1 N–H and O–H groups in total. The predicted molar refractivity (Wildman–Crippen MR) is 105 cm³/mol. The molecule has 0 atom stereocenters. The van der Waals surface area contributed by atoms with Gasteiger partial charge >= 0.3 is 0 Å². The van der Waals surface area contributed by atoms with Crippen molar-refractivity contribution in [3.63, 3.8) is 0 Å². The highest BCUT2D eigenvalue weighted by atomic mass is 16.5. The van der Waals surface area contributed by atoms with Gasteiger partial charge in [-0.1, -0.05) is 50.2 Å². The highest BCUT2D eigenvalue weighted by Gasteiger charge is 2.20. The number of aryl methyl sites for hydroxylation is 1. The first kappa shape index (κ1) is 17.9. The number of hydrogen-bond donors (Lipinski definition) is 1. The lowest BCUT2D eigenvalue weighted by atomic mass is 10.00. The van der Waals surface area contributed by atoms with Gasteiger partial charge in [0.1, 0.15) is 17.3 Å². The summed E-state index contributed by atoms with van der Waals surface area (Å²) in [5.74, 6) is 1.69. The Kier molecular flexibility index (Phi) is 5.52. The van der Waals surface area contributed by atoms with Gasteiger partial charge in [-0.25, -0.2) is 4.99 Å². The molecule has 0 fully saturated rings. The fourth-order valence-electron chi connectivity index (χ4n) is 2.91. The third-order valence-corrected chi connectivity index (χ3v) is 4.45. The van der Waals surface area contributed by atoms with Crippen molar-refractivity contribution in [2.75, 3.05) is 7.11 Å². The van der Waals surface area contributed by atoms with Gasteiger partial charge in [0.15, 0.2) is 0 Å². The summed E-state index contributed by atoms with van der Waals surface area (Å²) in [6.07, 6.45) is 3.35. The van der Waals surface area contributed by atoms with E-state index in [1.54, 1.807) is 13.2 Å². The second-order valence-corrected chi connectivity index (χ2v) is 6.68. The van der Waals surface area contributed by atoms with Gasteiger partial charge in [0, 0.05) is 12.0 Å². The first-order valence-corrected chi connectivity index (χ1v) is 8.89. The first-order chi connectivity index (χ1) is 12.6. The molecule has 0 aliphatic carbocycles. The normalized spacial score (nSPS) is 15.3. The molecule has 0 saturated carbocycles. The fraction of sp³-hybridized carbons (Fsp3) is 0.273. The summed E-state index contributed by atoms with van der Waals surface area (Å²) in [7, 11) is 1.63. The average molecular weight is 348 g/mol. The minimum absolute atomic E-state index is 0.162. The number of amidine groups is 1. The Balaban J connectivity index is 1.81. The predicted octanol–water partition coefficient (Wildman–Crippen LogP) is 4.32. The molecular formula is C22H24N2O2. The zero-order chi connectivity index (χ0) is 18.5. The monoisotopic (exact) mass is 348 g/mol. The van der Waals surface area contributed by atoms with Crippen LogP contribution >= 0.6 is 0 Å². The standard InChI is InChI=1S/C22H24N2O2/c1-15(2)17-10-11-20(26-3)18(13-17)14-19-22(25)24-21(23-19)12-9-16-7-5-4-6-8-16/h4-8,10-11,13-15H,9,12H2,1-3H3,(H,23,24,25)/b19-14-. The molecule has 4 heteroatoms. The number of nitrogens with one attached hydrogen (secondary N) is 1. The summed E-state index contributed by atoms with van der Waals surface area (Å²) in [6, 6.07) is 16.2. The number of aliphatic imine (C=N–C) groups is 1. The number of ether oxygens (including phenoxy) is 1. The number of hydrogen-bond acceptors (Lipinski definition) is 3. The van der Waals surface area contributed by atoms with Crippen LogP contribution in [0.5, 0.6) is 5.75 Å². The molecule has 0 radical (unpaired) electrons. The van der Waals surface area contributed by atoms with Crippen LogP contribution in [-0.4, -0.2) is 18.9 Å². The molecule has 4 nitrogen and oxygen atoms in total. The van der Waals surface area contributed by atoms with E-state index in [1.807, 2.05) is 24.3 Å². The Morgan fingerprint density at radius 3 is 2.58 bits per heavy atom. The lowest BCUT2D eigenvalue weighted by molar-refractivity contribution is -0.115. The van der Waals surface area contributed by atoms with Gasteiger partial charge in [-0.3, -0.25) is 4.79 Å². The number of amides is 1. The zero-order valence-electron chi connectivity index (χ0n) is 15.5. The van der Waals surface area contributed by atoms with Crippen LogP contribution in [0.15, 0.2) is 59.2 Å². The molecule has 1 aliphatic rings. The topological polar surface area (TPSA) is 50.7 Å². The van der Waals surface area contributed by atoms with Crippen molar-refractivity contribution in [3.05, 3.63) is 70.9 Å². The van der Waals surface area contributed by atoms with Gasteiger partial charge in [-0.2, -0.15) is 0 Å². The van der Waals surface area contributed by atoms with Crippen LogP contribution in [0.1, 0.15) is 42.9 Å². The summed E-state index contributed by atoms with van der Waals surface area (Å²) >= 11 is 0. The molecule has 2 aromatic carbocycles. The molecule has 1 amide bonds. The molecule has 3 rings (SSSR count). The fourth-order valence-corrected chi connectivity index (χ4v) is 2.91. The molecule has 1 aliphatic heterocycles. The van der Waals surface area contributed by atoms with Gasteiger partial charge in [0.2, 0.25) is 0 Å². The van der Waals surface area contributed by atoms with Gasteiger partial charge in [0.05, 0.1) is 7.11 Å². The maximum absolute atomic E-state index is 12.3. The van der Waals surface area contributed by atoms with Crippen LogP contribution in [-0.2, 0) is 11.2 Å². The molecule has 1 heterocycles. The molecule has 0 unspecified atom stereocenters. The molecule has 0 aromatic heterocycles. The number of carbonyl (C=O) groups is 1. The van der Waals surface area contributed by atoms with Crippen LogP contribution in [0.4, 0.5) is 0 Å². The van der Waals surface area contributed by atoms with E-state index < -0.39 is 0 Å². The highest BCUT2D eigenvalue weighted by molar-refractivity contribution is 6.14. The third kappa shape index (κ3) is 4.20. The Morgan fingerprint density at radius 2 is 1.88 bits per heavy atom. The lowest BCUT2D eigenvalue weighted by Gasteiger charge is -2.10. The van der Waals surface area contributed by atoms with Crippen molar-refractivity contribution in [2.24, 2.45) is 4.99 Å². The average Bonchev–Trinajstić information content (AvgIpc) is 3.00. The maximum Gasteiger partial charge on any atom is 0.275 e. The zero-order valence-corrected chi connectivity index (χ0v) is 15.5. The number of nitrogens with zero attached hydrogens (tertiary/aromatic N) is 1. The second-order valence-electron chi connectivity index (χ2n) is 6.68. The summed E-state index contributed by atoms with van der Waals surface area (Å²) in [4.78, 5) is 16.8. The number of rotatable bonds is 6. The summed E-state index contributed by atoms with van der Waals surface area (Å²) in [6.45, 7) is 4.28. The van der Waals surface area contributed by atoms with E-state index >= 15 is 0 Å². The van der Waals surface area contributed by atoms with Crippen molar-refractivity contribution < 1.29 is 9.53 Å². The van der Waals surface area contributed by atoms with E-state index in [0.717, 1.165) is 17.7 Å². The van der Waals surface area contributed by atoms with E-state index in [-0.39, 0.29) is 5.91 Å². The van der Waals surface area contributed by atoms with Crippen molar-refractivity contribution in [1.82, 2.24) is 5.32 Å². The third-order valence-electron chi connectivity index (χ3n) is 4.45. The Labute approximate surface area is 154 Å². The number of benzene rings is 2. The van der Waals surface area contributed by atoms with Gasteiger partial charge in [-0.05, 0) is 41.7 Å². The summed E-state index contributed by atoms with van der Waals surface area (Å²) in [5.41, 5.74) is 3.72. The van der Waals surface area contributed by atoms with Crippen LogP contribution in [0.3, 0.4) is 0 Å². The molecule has 134 valence electrons. The molecule has 0 saturated heterocycles. The number of carbonyl (C=O) groups excluding carboxylic acids is 1. The van der Waals surface area contributed by atoms with Crippen molar-refractivity contribution in [3.8, 4) is 5.75 Å². The minimum Gasteiger partial charge on any atom is -0.496 e. The molecule has 0 bridgehead atoms. The van der Waals surface area contributed by atoms with Crippen molar-refractivity contribution in [2.45, 2.75) is 32.6 Å². The van der Waals surface area contributed by atoms with Gasteiger partial charge in [-0.15, -0.1) is 0 Å². The largest absolute Gasteiger partial charge is 0.496 e. The van der Waals surface area contributed by atoms with E-state index in [9.17, 15) is 4.79 Å². The van der Waals surface area contributed by atoms with E-state index in [4.69, 9.17) is 4.74 Å². The SMILES string of the molecule is COc1ccc(C(C)C)cc1/C=C1\N=C(CCc2ccccc2)NC1=O. The highest BCUT2D eigenvalue weighted by Crippen LogP contribution is 2.27. The second kappa shape index (κ2) is 8.00. The van der Waals surface area contributed by atoms with Gasteiger partial charge in [0.25, 0.3) is 5.91 Å². The van der Waals surface area contributed by atoms with Crippen LogP contribution in [0.2, 0.25) is 0 Å². The lowest BCUT2D eigenvalue weighted by Crippen LogP contribution is -2.24. The Bertz CT molecular complexity index is 852. The van der Waals surface area contributed by atoms with E-state index in [0.29, 0.717) is 23.9 Å². The van der Waals surface area contributed by atoms with E-state index in [2.05, 4.69) is 48.4 Å². The van der Waals surface area contributed by atoms with Crippen molar-refractivity contribution >= 4 is 17.8 Å². The summed E-state index contributed by atoms with van der Waals surface area (Å²) < 4.78 is 5.43. The maximum atomic E-state index is 12.3. The van der Waals surface area contributed by atoms with E-state index in [1.165, 1.54) is 11.1 Å².